The van der Waals surface area contributed by atoms with Crippen LogP contribution in [0.4, 0.5) is 11.8 Å². The highest BCUT2D eigenvalue weighted by atomic mass is 32.2. The Hall–Kier alpha value is -2.62. The standard InChI is InChI=1S/C17H23N5O4S/c1-25-14-4-3-12(9-15(14)26-2)5-7-18-16-10-19-22-17(21-16)20-13-6-8-27(23,24)11-13/h3-4,9-10,13H,5-8,11H2,1-2H3,(H2,18,20,21,22). The summed E-state index contributed by atoms with van der Waals surface area (Å²) in [6.45, 7) is 0.644. The lowest BCUT2D eigenvalue weighted by atomic mass is 10.1. The Morgan fingerprint density at radius 2 is 2.04 bits per heavy atom. The highest BCUT2D eigenvalue weighted by Crippen LogP contribution is 2.27. The molecule has 1 aromatic heterocycles. The smallest absolute Gasteiger partial charge is 0.244 e. The van der Waals surface area contributed by atoms with Crippen LogP contribution in [0.1, 0.15) is 12.0 Å². The number of hydrogen-bond donors (Lipinski definition) is 2. The second-order valence-corrected chi connectivity index (χ2v) is 8.50. The zero-order chi connectivity index (χ0) is 19.3. The number of nitrogens with one attached hydrogen (secondary N) is 2. The Balaban J connectivity index is 1.54. The molecular formula is C17H23N5O4S. The zero-order valence-corrected chi connectivity index (χ0v) is 16.1. The van der Waals surface area contributed by atoms with Gasteiger partial charge in [-0.3, -0.25) is 0 Å². The highest BCUT2D eigenvalue weighted by molar-refractivity contribution is 7.91. The third-order valence-electron chi connectivity index (χ3n) is 4.29. The number of methoxy groups -OCH3 is 2. The molecule has 1 fully saturated rings. The van der Waals surface area contributed by atoms with Crippen LogP contribution in [-0.4, -0.2) is 61.9 Å². The molecular weight excluding hydrogens is 370 g/mol. The van der Waals surface area contributed by atoms with Crippen molar-refractivity contribution in [2.45, 2.75) is 18.9 Å². The van der Waals surface area contributed by atoms with E-state index in [2.05, 4.69) is 25.8 Å². The van der Waals surface area contributed by atoms with E-state index in [1.807, 2.05) is 18.2 Å². The van der Waals surface area contributed by atoms with Crippen molar-refractivity contribution in [2.24, 2.45) is 0 Å². The van der Waals surface area contributed by atoms with E-state index in [0.717, 1.165) is 12.0 Å². The largest absolute Gasteiger partial charge is 0.493 e. The summed E-state index contributed by atoms with van der Waals surface area (Å²) in [6, 6.07) is 5.62. The summed E-state index contributed by atoms with van der Waals surface area (Å²) in [6.07, 6.45) is 2.85. The molecule has 1 atom stereocenters. The quantitative estimate of drug-likeness (QED) is 0.681. The van der Waals surface area contributed by atoms with Crippen molar-refractivity contribution in [2.75, 3.05) is 42.9 Å². The molecule has 146 valence electrons. The average Bonchev–Trinajstić information content (AvgIpc) is 3.00. The van der Waals surface area contributed by atoms with Gasteiger partial charge in [-0.25, -0.2) is 8.42 Å². The summed E-state index contributed by atoms with van der Waals surface area (Å²) >= 11 is 0. The van der Waals surface area contributed by atoms with Gasteiger partial charge < -0.3 is 20.1 Å². The Bertz CT molecular complexity index is 891. The van der Waals surface area contributed by atoms with E-state index in [-0.39, 0.29) is 17.5 Å². The second kappa shape index (κ2) is 8.38. The number of ether oxygens (including phenoxy) is 2. The fourth-order valence-electron chi connectivity index (χ4n) is 2.91. The molecule has 0 aliphatic carbocycles. The van der Waals surface area contributed by atoms with E-state index in [1.165, 1.54) is 6.20 Å². The molecule has 2 aromatic rings. The zero-order valence-electron chi connectivity index (χ0n) is 15.3. The van der Waals surface area contributed by atoms with Gasteiger partial charge in [0.25, 0.3) is 0 Å². The van der Waals surface area contributed by atoms with Crippen molar-refractivity contribution in [3.05, 3.63) is 30.0 Å². The lowest BCUT2D eigenvalue weighted by molar-refractivity contribution is 0.354. The van der Waals surface area contributed by atoms with Crippen molar-refractivity contribution in [1.82, 2.24) is 15.2 Å². The SMILES string of the molecule is COc1ccc(CCNc2cnnc(NC3CCS(=O)(=O)C3)n2)cc1OC. The van der Waals surface area contributed by atoms with E-state index in [4.69, 9.17) is 9.47 Å². The van der Waals surface area contributed by atoms with Gasteiger partial charge >= 0.3 is 0 Å². The van der Waals surface area contributed by atoms with Crippen LogP contribution in [0.2, 0.25) is 0 Å². The summed E-state index contributed by atoms with van der Waals surface area (Å²) in [4.78, 5) is 4.34. The number of sulfone groups is 1. The number of aromatic nitrogens is 3. The summed E-state index contributed by atoms with van der Waals surface area (Å²) in [5.41, 5.74) is 1.09. The molecule has 27 heavy (non-hydrogen) atoms. The fourth-order valence-corrected chi connectivity index (χ4v) is 4.59. The predicted molar refractivity (Wildman–Crippen MR) is 102 cm³/mol. The molecule has 10 heteroatoms. The third-order valence-corrected chi connectivity index (χ3v) is 6.06. The van der Waals surface area contributed by atoms with Crippen LogP contribution in [-0.2, 0) is 16.3 Å². The van der Waals surface area contributed by atoms with Gasteiger partial charge in [-0.1, -0.05) is 6.07 Å². The van der Waals surface area contributed by atoms with Gasteiger partial charge in [0.2, 0.25) is 5.95 Å². The molecule has 0 amide bonds. The van der Waals surface area contributed by atoms with Crippen LogP contribution in [0, 0.1) is 0 Å². The minimum Gasteiger partial charge on any atom is -0.493 e. The normalized spacial score (nSPS) is 18.1. The van der Waals surface area contributed by atoms with Gasteiger partial charge in [0.15, 0.2) is 27.2 Å². The average molecular weight is 393 g/mol. The van der Waals surface area contributed by atoms with E-state index < -0.39 is 9.84 Å². The summed E-state index contributed by atoms with van der Waals surface area (Å²) in [5.74, 6) is 2.59. The number of hydrogen-bond acceptors (Lipinski definition) is 9. The van der Waals surface area contributed by atoms with Crippen molar-refractivity contribution >= 4 is 21.6 Å². The first-order chi connectivity index (χ1) is 13.0. The lowest BCUT2D eigenvalue weighted by Crippen LogP contribution is -2.22. The van der Waals surface area contributed by atoms with Crippen molar-refractivity contribution in [1.29, 1.82) is 0 Å². The van der Waals surface area contributed by atoms with Crippen molar-refractivity contribution in [3.63, 3.8) is 0 Å². The maximum absolute atomic E-state index is 11.5. The molecule has 1 aliphatic heterocycles. The number of rotatable bonds is 8. The van der Waals surface area contributed by atoms with Gasteiger partial charge in [0, 0.05) is 12.6 Å². The molecule has 0 saturated carbocycles. The molecule has 0 bridgehead atoms. The van der Waals surface area contributed by atoms with Crippen LogP contribution in [0.5, 0.6) is 11.5 Å². The lowest BCUT2D eigenvalue weighted by Gasteiger charge is -2.12. The van der Waals surface area contributed by atoms with Gasteiger partial charge in [-0.05, 0) is 30.5 Å². The second-order valence-electron chi connectivity index (χ2n) is 6.28. The minimum atomic E-state index is -2.95. The van der Waals surface area contributed by atoms with Crippen LogP contribution >= 0.6 is 0 Å². The first-order valence-electron chi connectivity index (χ1n) is 8.60. The van der Waals surface area contributed by atoms with E-state index in [1.54, 1.807) is 14.2 Å². The molecule has 2 heterocycles. The Labute approximate surface area is 158 Å². The van der Waals surface area contributed by atoms with Crippen molar-refractivity contribution < 1.29 is 17.9 Å². The van der Waals surface area contributed by atoms with Gasteiger partial charge in [0.05, 0.1) is 31.9 Å². The number of anilines is 2. The monoisotopic (exact) mass is 393 g/mol. The number of benzene rings is 1. The molecule has 1 unspecified atom stereocenters. The first-order valence-corrected chi connectivity index (χ1v) is 10.4. The first kappa shape index (κ1) is 19.2. The summed E-state index contributed by atoms with van der Waals surface area (Å²) in [7, 11) is 0.258. The van der Waals surface area contributed by atoms with Gasteiger partial charge in [-0.2, -0.15) is 10.1 Å². The minimum absolute atomic E-state index is 0.104. The molecule has 1 aliphatic rings. The third kappa shape index (κ3) is 5.19. The number of nitrogens with zero attached hydrogens (tertiary/aromatic N) is 3. The molecule has 2 N–H and O–H groups in total. The molecule has 1 aromatic carbocycles. The van der Waals surface area contributed by atoms with Crippen molar-refractivity contribution in [3.8, 4) is 11.5 Å². The van der Waals surface area contributed by atoms with E-state index in [0.29, 0.717) is 36.2 Å². The highest BCUT2D eigenvalue weighted by Gasteiger charge is 2.28. The molecule has 3 rings (SSSR count). The molecule has 9 nitrogen and oxygen atoms in total. The molecule has 0 spiro atoms. The molecule has 0 radical (unpaired) electrons. The summed E-state index contributed by atoms with van der Waals surface area (Å²) < 4.78 is 33.6. The van der Waals surface area contributed by atoms with Crippen LogP contribution in [0.3, 0.4) is 0 Å². The van der Waals surface area contributed by atoms with E-state index in [9.17, 15) is 8.42 Å². The van der Waals surface area contributed by atoms with Crippen LogP contribution < -0.4 is 20.1 Å². The Morgan fingerprint density at radius 3 is 2.74 bits per heavy atom. The topological polar surface area (TPSA) is 115 Å². The van der Waals surface area contributed by atoms with Gasteiger partial charge in [0.1, 0.15) is 0 Å². The Kier molecular flexibility index (Phi) is 5.94. The Morgan fingerprint density at radius 1 is 1.22 bits per heavy atom. The fraction of sp³-hybridized carbons (Fsp3) is 0.471. The maximum atomic E-state index is 11.5. The maximum Gasteiger partial charge on any atom is 0.244 e. The van der Waals surface area contributed by atoms with E-state index >= 15 is 0 Å². The summed E-state index contributed by atoms with van der Waals surface area (Å²) in [5, 5.41) is 14.1. The van der Waals surface area contributed by atoms with Crippen LogP contribution in [0.15, 0.2) is 24.4 Å². The predicted octanol–water partition coefficient (Wildman–Crippen LogP) is 1.14. The van der Waals surface area contributed by atoms with Crippen LogP contribution in [0.25, 0.3) is 0 Å². The molecule has 1 saturated heterocycles. The van der Waals surface area contributed by atoms with Gasteiger partial charge in [-0.15, -0.1) is 5.10 Å².